The minimum absolute atomic E-state index is 0.173. The highest BCUT2D eigenvalue weighted by atomic mass is 35.5. The molecule has 9 heteroatoms. The van der Waals surface area contributed by atoms with Crippen LogP contribution in [0.5, 0.6) is 5.75 Å². The van der Waals surface area contributed by atoms with Crippen LogP contribution in [0.25, 0.3) is 0 Å². The molecule has 31 heavy (non-hydrogen) atoms. The Hall–Kier alpha value is -3.67. The van der Waals surface area contributed by atoms with Gasteiger partial charge in [0.05, 0.1) is 19.5 Å². The Morgan fingerprint density at radius 1 is 1.16 bits per heavy atom. The molecule has 3 N–H and O–H groups in total. The van der Waals surface area contributed by atoms with Crippen LogP contribution in [0.15, 0.2) is 54.9 Å². The first kappa shape index (κ1) is 22.0. The van der Waals surface area contributed by atoms with Crippen LogP contribution in [-0.2, 0) is 13.0 Å². The fourth-order valence-electron chi connectivity index (χ4n) is 2.80. The second kappa shape index (κ2) is 10.9. The summed E-state index contributed by atoms with van der Waals surface area (Å²) in [4.78, 5) is 19.9. The first-order chi connectivity index (χ1) is 15.1. The number of nitriles is 1. The van der Waals surface area contributed by atoms with Crippen molar-refractivity contribution in [1.29, 1.82) is 5.26 Å². The van der Waals surface area contributed by atoms with Crippen molar-refractivity contribution in [2.45, 2.75) is 13.0 Å². The number of benzene rings is 2. The number of amides is 2. The van der Waals surface area contributed by atoms with Gasteiger partial charge in [0.15, 0.2) is 11.5 Å². The quantitative estimate of drug-likeness (QED) is 0.460. The summed E-state index contributed by atoms with van der Waals surface area (Å²) >= 11 is 6.37. The largest absolute Gasteiger partial charge is 0.497 e. The molecule has 2 amide bonds. The summed E-state index contributed by atoms with van der Waals surface area (Å²) in [5.41, 5.74) is 2.84. The highest BCUT2D eigenvalue weighted by molar-refractivity contribution is 6.31. The Kier molecular flexibility index (Phi) is 7.76. The molecule has 0 aliphatic heterocycles. The molecular formula is C22H21ClN6O2. The van der Waals surface area contributed by atoms with Crippen molar-refractivity contribution < 1.29 is 9.53 Å². The summed E-state index contributed by atoms with van der Waals surface area (Å²) < 4.78 is 5.23. The van der Waals surface area contributed by atoms with Crippen LogP contribution in [0.4, 0.5) is 16.3 Å². The molecule has 3 rings (SSSR count). The SMILES string of the molecule is COc1cccc(CNCCc2ccc(NC(=O)Nc3cnc(C#N)cn3)cc2Cl)c1. The maximum atomic E-state index is 12.1. The Bertz CT molecular complexity index is 1080. The summed E-state index contributed by atoms with van der Waals surface area (Å²) in [5.74, 6) is 1.07. The van der Waals surface area contributed by atoms with Crippen LogP contribution < -0.4 is 20.7 Å². The van der Waals surface area contributed by atoms with E-state index < -0.39 is 6.03 Å². The van der Waals surface area contributed by atoms with Crippen LogP contribution in [0, 0.1) is 11.3 Å². The molecule has 0 fully saturated rings. The lowest BCUT2D eigenvalue weighted by Crippen LogP contribution is -2.20. The van der Waals surface area contributed by atoms with Gasteiger partial charge in [-0.1, -0.05) is 29.8 Å². The zero-order chi connectivity index (χ0) is 22.1. The maximum Gasteiger partial charge on any atom is 0.324 e. The molecular weight excluding hydrogens is 416 g/mol. The number of halogens is 1. The highest BCUT2D eigenvalue weighted by Gasteiger charge is 2.07. The standard InChI is InChI=1S/C22H21ClN6O2/c1-31-19-4-2-3-15(9-19)12-25-8-7-16-5-6-17(10-20(16)23)28-22(30)29-21-14-26-18(11-24)13-27-21/h2-6,9-10,13-14,25H,7-8,12H2,1H3,(H2,27,28,29,30). The van der Waals surface area contributed by atoms with E-state index in [1.165, 1.54) is 12.4 Å². The van der Waals surface area contributed by atoms with E-state index in [0.717, 1.165) is 36.4 Å². The van der Waals surface area contributed by atoms with Crippen molar-refractivity contribution in [2.75, 3.05) is 24.3 Å². The van der Waals surface area contributed by atoms with Crippen molar-refractivity contribution in [3.05, 3.63) is 76.7 Å². The van der Waals surface area contributed by atoms with Crippen LogP contribution in [-0.4, -0.2) is 29.7 Å². The van der Waals surface area contributed by atoms with Crippen molar-refractivity contribution >= 4 is 29.1 Å². The molecule has 0 spiro atoms. The summed E-state index contributed by atoms with van der Waals surface area (Å²) in [5, 5.41) is 17.9. The summed E-state index contributed by atoms with van der Waals surface area (Å²) in [6.07, 6.45) is 3.34. The van der Waals surface area contributed by atoms with Crippen LogP contribution in [0.1, 0.15) is 16.8 Å². The van der Waals surface area contributed by atoms with E-state index >= 15 is 0 Å². The first-order valence-corrected chi connectivity index (χ1v) is 9.87. The predicted molar refractivity (Wildman–Crippen MR) is 119 cm³/mol. The number of methoxy groups -OCH3 is 1. The molecule has 3 aromatic rings. The van der Waals surface area contributed by atoms with E-state index in [1.807, 2.05) is 36.4 Å². The lowest BCUT2D eigenvalue weighted by Gasteiger charge is -2.10. The number of hydrogen-bond acceptors (Lipinski definition) is 6. The molecule has 0 saturated carbocycles. The Morgan fingerprint density at radius 3 is 2.74 bits per heavy atom. The number of nitrogens with one attached hydrogen (secondary N) is 3. The van der Waals surface area contributed by atoms with E-state index in [2.05, 4.69) is 25.9 Å². The zero-order valence-corrected chi connectivity index (χ0v) is 17.6. The predicted octanol–water partition coefficient (Wildman–Crippen LogP) is 3.99. The third kappa shape index (κ3) is 6.67. The molecule has 0 saturated heterocycles. The average Bonchev–Trinajstić information content (AvgIpc) is 2.78. The van der Waals surface area contributed by atoms with E-state index in [-0.39, 0.29) is 11.5 Å². The molecule has 0 aliphatic carbocycles. The second-order valence-corrected chi connectivity index (χ2v) is 6.97. The minimum atomic E-state index is -0.484. The second-order valence-electron chi connectivity index (χ2n) is 6.56. The van der Waals surface area contributed by atoms with Gasteiger partial charge in [0, 0.05) is 17.3 Å². The number of hydrogen-bond donors (Lipinski definition) is 3. The van der Waals surface area contributed by atoms with Crippen LogP contribution in [0.3, 0.4) is 0 Å². The van der Waals surface area contributed by atoms with Crippen LogP contribution in [0.2, 0.25) is 5.02 Å². The number of carbonyl (C=O) groups excluding carboxylic acids is 1. The van der Waals surface area contributed by atoms with E-state index in [9.17, 15) is 4.79 Å². The van der Waals surface area contributed by atoms with E-state index in [4.69, 9.17) is 21.6 Å². The fourth-order valence-corrected chi connectivity index (χ4v) is 3.07. The smallest absolute Gasteiger partial charge is 0.324 e. The molecule has 0 atom stereocenters. The number of aromatic nitrogens is 2. The molecule has 1 aromatic heterocycles. The van der Waals surface area contributed by atoms with Gasteiger partial charge in [-0.05, 0) is 48.4 Å². The molecule has 1 heterocycles. The Labute approximate surface area is 185 Å². The first-order valence-electron chi connectivity index (χ1n) is 9.49. The number of carbonyl (C=O) groups is 1. The number of urea groups is 1. The molecule has 158 valence electrons. The summed E-state index contributed by atoms with van der Waals surface area (Å²) in [6, 6.07) is 14.7. The third-order valence-electron chi connectivity index (χ3n) is 4.35. The van der Waals surface area contributed by atoms with E-state index in [0.29, 0.717) is 10.7 Å². The van der Waals surface area contributed by atoms with E-state index in [1.54, 1.807) is 19.2 Å². The number of nitrogens with zero attached hydrogens (tertiary/aromatic N) is 3. The number of rotatable bonds is 8. The third-order valence-corrected chi connectivity index (χ3v) is 4.71. The number of ether oxygens (including phenoxy) is 1. The Morgan fingerprint density at radius 2 is 2.03 bits per heavy atom. The monoisotopic (exact) mass is 436 g/mol. The van der Waals surface area contributed by atoms with Gasteiger partial charge in [-0.15, -0.1) is 0 Å². The Balaban J connectivity index is 1.47. The lowest BCUT2D eigenvalue weighted by molar-refractivity contribution is 0.262. The topological polar surface area (TPSA) is 112 Å². The normalized spacial score (nSPS) is 10.2. The van der Waals surface area contributed by atoms with Crippen molar-refractivity contribution in [3.63, 3.8) is 0 Å². The van der Waals surface area contributed by atoms with Crippen LogP contribution >= 0.6 is 11.6 Å². The molecule has 0 unspecified atom stereocenters. The summed E-state index contributed by atoms with van der Waals surface area (Å²) in [7, 11) is 1.65. The van der Waals surface area contributed by atoms with Crippen molar-refractivity contribution in [2.24, 2.45) is 0 Å². The van der Waals surface area contributed by atoms with Gasteiger partial charge in [-0.3, -0.25) is 5.32 Å². The average molecular weight is 437 g/mol. The lowest BCUT2D eigenvalue weighted by atomic mass is 10.1. The molecule has 0 bridgehead atoms. The van der Waals surface area contributed by atoms with Gasteiger partial charge in [-0.2, -0.15) is 5.26 Å². The summed E-state index contributed by atoms with van der Waals surface area (Å²) in [6.45, 7) is 1.48. The molecule has 0 aliphatic rings. The van der Waals surface area contributed by atoms with Gasteiger partial charge < -0.3 is 15.4 Å². The highest BCUT2D eigenvalue weighted by Crippen LogP contribution is 2.21. The maximum absolute atomic E-state index is 12.1. The van der Waals surface area contributed by atoms with Gasteiger partial charge in [-0.25, -0.2) is 14.8 Å². The zero-order valence-electron chi connectivity index (χ0n) is 16.9. The number of anilines is 2. The van der Waals surface area contributed by atoms with Crippen molar-refractivity contribution in [3.8, 4) is 11.8 Å². The van der Waals surface area contributed by atoms with Gasteiger partial charge in [0.1, 0.15) is 11.8 Å². The molecule has 0 radical (unpaired) electrons. The van der Waals surface area contributed by atoms with Gasteiger partial charge in [0.2, 0.25) is 0 Å². The molecule has 2 aromatic carbocycles. The fraction of sp³-hybridized carbons (Fsp3) is 0.182. The molecule has 8 nitrogen and oxygen atoms in total. The minimum Gasteiger partial charge on any atom is -0.497 e. The van der Waals surface area contributed by atoms with Gasteiger partial charge >= 0.3 is 6.03 Å². The van der Waals surface area contributed by atoms with Gasteiger partial charge in [0.25, 0.3) is 0 Å². The van der Waals surface area contributed by atoms with Crippen molar-refractivity contribution in [1.82, 2.24) is 15.3 Å².